The molecule has 1 unspecified atom stereocenters. The van der Waals surface area contributed by atoms with Gasteiger partial charge in [0.05, 0.1) is 6.61 Å². The molecule has 0 bridgehead atoms. The van der Waals surface area contributed by atoms with Crippen LogP contribution in [0.25, 0.3) is 6.08 Å². The third-order valence-electron chi connectivity index (χ3n) is 3.30. The molecule has 0 saturated carbocycles. The van der Waals surface area contributed by atoms with E-state index in [0.717, 1.165) is 30.8 Å². The lowest BCUT2D eigenvalue weighted by atomic mass is 9.99. The molecule has 1 aromatic rings. The summed E-state index contributed by atoms with van der Waals surface area (Å²) in [6.45, 7) is 2.59. The predicted octanol–water partition coefficient (Wildman–Crippen LogP) is 2.65. The predicted molar refractivity (Wildman–Crippen MR) is 82.3 cm³/mol. The Hall–Kier alpha value is -1.57. The van der Waals surface area contributed by atoms with Crippen molar-refractivity contribution in [2.45, 2.75) is 12.8 Å². The Morgan fingerprint density at radius 2 is 2.55 bits per heavy atom. The minimum Gasteiger partial charge on any atom is -0.368 e. The second-order valence-corrected chi connectivity index (χ2v) is 5.84. The van der Waals surface area contributed by atoms with Crippen LogP contribution >= 0.6 is 11.3 Å². The maximum absolute atomic E-state index is 12.1. The van der Waals surface area contributed by atoms with E-state index in [4.69, 9.17) is 11.2 Å². The first kappa shape index (κ1) is 14.8. The molecule has 1 atom stereocenters. The summed E-state index contributed by atoms with van der Waals surface area (Å²) >= 11 is 1.63. The highest BCUT2D eigenvalue weighted by Gasteiger charge is 2.22. The molecule has 106 valence electrons. The Morgan fingerprint density at radius 3 is 3.30 bits per heavy atom. The minimum absolute atomic E-state index is 0.0834. The Kier molecular flexibility index (Phi) is 5.85. The number of carbonyl (C=O) groups is 1. The highest BCUT2D eigenvalue weighted by Crippen LogP contribution is 2.18. The molecule has 2 heterocycles. The molecule has 20 heavy (non-hydrogen) atoms. The topological polar surface area (TPSA) is 29.5 Å². The molecule has 0 N–H and O–H groups in total. The van der Waals surface area contributed by atoms with E-state index in [2.05, 4.69) is 5.92 Å². The summed E-state index contributed by atoms with van der Waals surface area (Å²) < 4.78 is 5.38. The van der Waals surface area contributed by atoms with E-state index in [1.165, 1.54) is 0 Å². The largest absolute Gasteiger partial charge is 0.368 e. The zero-order chi connectivity index (χ0) is 14.2. The number of piperidine rings is 1. The van der Waals surface area contributed by atoms with Gasteiger partial charge in [-0.25, -0.2) is 0 Å². The number of ether oxygens (including phenoxy) is 1. The van der Waals surface area contributed by atoms with Gasteiger partial charge in [0.2, 0.25) is 5.91 Å². The van der Waals surface area contributed by atoms with E-state index in [1.807, 2.05) is 28.5 Å². The normalized spacial score (nSPS) is 19.1. The number of nitrogens with zero attached hydrogens (tertiary/aromatic N) is 1. The van der Waals surface area contributed by atoms with E-state index in [9.17, 15) is 4.79 Å². The van der Waals surface area contributed by atoms with Crippen LogP contribution in [0.1, 0.15) is 17.7 Å². The summed E-state index contributed by atoms with van der Waals surface area (Å²) in [5.74, 6) is 2.95. The van der Waals surface area contributed by atoms with Crippen molar-refractivity contribution in [3.8, 4) is 12.3 Å². The van der Waals surface area contributed by atoms with E-state index >= 15 is 0 Å². The molecule has 1 fully saturated rings. The third kappa shape index (κ3) is 4.52. The van der Waals surface area contributed by atoms with E-state index in [0.29, 0.717) is 19.1 Å². The van der Waals surface area contributed by atoms with Crippen molar-refractivity contribution in [2.75, 3.05) is 26.3 Å². The minimum atomic E-state index is 0.0834. The summed E-state index contributed by atoms with van der Waals surface area (Å²) in [5.41, 5.74) is 0. The molecular formula is C16H19NO2S. The fourth-order valence-corrected chi connectivity index (χ4v) is 2.95. The van der Waals surface area contributed by atoms with Gasteiger partial charge in [0.15, 0.2) is 0 Å². The zero-order valence-corrected chi connectivity index (χ0v) is 12.3. The molecule has 0 aromatic carbocycles. The molecule has 0 aliphatic carbocycles. The van der Waals surface area contributed by atoms with Crippen LogP contribution in [-0.4, -0.2) is 37.1 Å². The molecule has 1 aliphatic rings. The fraction of sp³-hybridized carbons (Fsp3) is 0.438. The van der Waals surface area contributed by atoms with Gasteiger partial charge in [-0.05, 0) is 30.4 Å². The van der Waals surface area contributed by atoms with Gasteiger partial charge in [0, 0.05) is 30.0 Å². The van der Waals surface area contributed by atoms with Crippen LogP contribution in [0.3, 0.4) is 0 Å². The first-order valence-corrected chi connectivity index (χ1v) is 7.69. The number of carbonyl (C=O) groups excluding carboxylic acids is 1. The third-order valence-corrected chi connectivity index (χ3v) is 4.14. The van der Waals surface area contributed by atoms with E-state index in [1.54, 1.807) is 17.4 Å². The van der Waals surface area contributed by atoms with Crippen molar-refractivity contribution in [3.05, 3.63) is 28.5 Å². The smallest absolute Gasteiger partial charge is 0.246 e. The summed E-state index contributed by atoms with van der Waals surface area (Å²) in [4.78, 5) is 15.1. The molecule has 4 heteroatoms. The van der Waals surface area contributed by atoms with Crippen molar-refractivity contribution >= 4 is 23.3 Å². The van der Waals surface area contributed by atoms with Gasteiger partial charge in [-0.1, -0.05) is 12.0 Å². The van der Waals surface area contributed by atoms with Crippen molar-refractivity contribution in [2.24, 2.45) is 5.92 Å². The average molecular weight is 289 g/mol. The Morgan fingerprint density at radius 1 is 1.65 bits per heavy atom. The SMILES string of the molecule is C#CCOCC1CCCN(C(=O)/C=C/c2cccs2)C1. The summed E-state index contributed by atoms with van der Waals surface area (Å²) in [5, 5.41) is 2.00. The molecule has 2 rings (SSSR count). The first-order valence-electron chi connectivity index (χ1n) is 6.81. The molecule has 0 radical (unpaired) electrons. The molecule has 1 saturated heterocycles. The molecule has 1 amide bonds. The monoisotopic (exact) mass is 289 g/mol. The second-order valence-electron chi connectivity index (χ2n) is 4.86. The van der Waals surface area contributed by atoms with Gasteiger partial charge in [-0.2, -0.15) is 0 Å². The lowest BCUT2D eigenvalue weighted by Crippen LogP contribution is -2.40. The Bertz CT molecular complexity index is 487. The molecule has 1 aromatic heterocycles. The summed E-state index contributed by atoms with van der Waals surface area (Å²) in [7, 11) is 0. The lowest BCUT2D eigenvalue weighted by Gasteiger charge is -2.31. The number of amides is 1. The van der Waals surface area contributed by atoms with Gasteiger partial charge in [-0.3, -0.25) is 4.79 Å². The van der Waals surface area contributed by atoms with Crippen molar-refractivity contribution < 1.29 is 9.53 Å². The van der Waals surface area contributed by atoms with Crippen LogP contribution < -0.4 is 0 Å². The van der Waals surface area contributed by atoms with Crippen LogP contribution in [0, 0.1) is 18.3 Å². The van der Waals surface area contributed by atoms with Crippen molar-refractivity contribution in [3.63, 3.8) is 0 Å². The number of hydrogen-bond acceptors (Lipinski definition) is 3. The quantitative estimate of drug-likeness (QED) is 0.474. The van der Waals surface area contributed by atoms with Gasteiger partial charge in [0.1, 0.15) is 6.61 Å². The van der Waals surface area contributed by atoms with E-state index < -0.39 is 0 Å². The van der Waals surface area contributed by atoms with Gasteiger partial charge >= 0.3 is 0 Å². The number of hydrogen-bond donors (Lipinski definition) is 0. The Labute approximate surface area is 124 Å². The molecule has 1 aliphatic heterocycles. The maximum Gasteiger partial charge on any atom is 0.246 e. The number of rotatable bonds is 5. The second kappa shape index (κ2) is 7.88. The average Bonchev–Trinajstić information content (AvgIpc) is 2.99. The van der Waals surface area contributed by atoms with Gasteiger partial charge in [0.25, 0.3) is 0 Å². The number of thiophene rings is 1. The first-order chi connectivity index (χ1) is 9.79. The van der Waals surface area contributed by atoms with Crippen LogP contribution in [0.5, 0.6) is 0 Å². The molecular weight excluding hydrogens is 270 g/mol. The van der Waals surface area contributed by atoms with Crippen LogP contribution in [0.15, 0.2) is 23.6 Å². The highest BCUT2D eigenvalue weighted by atomic mass is 32.1. The molecule has 3 nitrogen and oxygen atoms in total. The van der Waals surface area contributed by atoms with E-state index in [-0.39, 0.29) is 5.91 Å². The van der Waals surface area contributed by atoms with Gasteiger partial charge < -0.3 is 9.64 Å². The molecule has 0 spiro atoms. The van der Waals surface area contributed by atoms with Crippen LogP contribution in [0.4, 0.5) is 0 Å². The maximum atomic E-state index is 12.1. The number of terminal acetylenes is 1. The van der Waals surface area contributed by atoms with Crippen LogP contribution in [0.2, 0.25) is 0 Å². The van der Waals surface area contributed by atoms with Crippen molar-refractivity contribution in [1.29, 1.82) is 0 Å². The zero-order valence-electron chi connectivity index (χ0n) is 11.5. The van der Waals surface area contributed by atoms with Crippen molar-refractivity contribution in [1.82, 2.24) is 4.90 Å². The fourth-order valence-electron chi connectivity index (χ4n) is 2.33. The Balaban J connectivity index is 1.82. The summed E-state index contributed by atoms with van der Waals surface area (Å²) in [6.07, 6.45) is 10.8. The number of likely N-dealkylation sites (tertiary alicyclic amines) is 1. The lowest BCUT2D eigenvalue weighted by molar-refractivity contribution is -0.128. The van der Waals surface area contributed by atoms with Crippen LogP contribution in [-0.2, 0) is 9.53 Å². The van der Waals surface area contributed by atoms with Gasteiger partial charge in [-0.15, -0.1) is 17.8 Å². The highest BCUT2D eigenvalue weighted by molar-refractivity contribution is 7.10. The standard InChI is InChI=1S/C16H19NO2S/c1-2-10-19-13-14-5-3-9-17(12-14)16(18)8-7-15-6-4-11-20-15/h1,4,6-8,11,14H,3,5,9-10,12-13H2/b8-7+. The summed E-state index contributed by atoms with van der Waals surface area (Å²) in [6, 6.07) is 3.98.